The monoisotopic (exact) mass is 205 g/mol. The first kappa shape index (κ1) is 12.9. The highest BCUT2D eigenvalue weighted by Gasteiger charge is 2.17. The lowest BCUT2D eigenvalue weighted by atomic mass is 10.2. The quantitative estimate of drug-likeness (QED) is 0.462. The van der Waals surface area contributed by atoms with Crippen LogP contribution in [0.15, 0.2) is 0 Å². The Kier molecular flexibility index (Phi) is 6.69. The maximum Gasteiger partial charge on any atom is 0.328 e. The Balaban J connectivity index is 3.74. The fourth-order valence-electron chi connectivity index (χ4n) is 0.829. The highest BCUT2D eigenvalue weighted by Crippen LogP contribution is 1.91. The number of ether oxygens (including phenoxy) is 1. The molecule has 1 atom stereocenters. The van der Waals surface area contributed by atoms with Gasteiger partial charge in [0.05, 0.1) is 6.61 Å². The van der Waals surface area contributed by atoms with Gasteiger partial charge in [-0.15, -0.1) is 0 Å². The number of amides is 1. The van der Waals surface area contributed by atoms with Crippen LogP contribution in [-0.2, 0) is 14.3 Å². The number of carboxylic acids is 1. The first-order chi connectivity index (χ1) is 6.61. The smallest absolute Gasteiger partial charge is 0.328 e. The van der Waals surface area contributed by atoms with Crippen molar-refractivity contribution in [1.29, 1.82) is 0 Å². The summed E-state index contributed by atoms with van der Waals surface area (Å²) in [6, 6.07) is -1.22. The van der Waals surface area contributed by atoms with Gasteiger partial charge in [-0.25, -0.2) is 4.79 Å². The van der Waals surface area contributed by atoms with Crippen LogP contribution in [0.4, 0.5) is 0 Å². The molecule has 0 spiro atoms. The topological polar surface area (TPSA) is 95.9 Å². The first-order valence-electron chi connectivity index (χ1n) is 4.23. The van der Waals surface area contributed by atoms with Gasteiger partial charge in [-0.1, -0.05) is 0 Å². The molecule has 0 unspecified atom stereocenters. The molecule has 0 bridgehead atoms. The predicted molar refractivity (Wildman–Crippen MR) is 47.8 cm³/mol. The molecule has 0 aromatic rings. The van der Waals surface area contributed by atoms with Crippen molar-refractivity contribution in [3.8, 4) is 0 Å². The van der Waals surface area contributed by atoms with Gasteiger partial charge in [0.1, 0.15) is 6.04 Å². The van der Waals surface area contributed by atoms with Crippen molar-refractivity contribution in [3.63, 3.8) is 0 Å². The summed E-state index contributed by atoms with van der Waals surface area (Å²) in [5, 5.41) is 19.3. The van der Waals surface area contributed by atoms with E-state index in [9.17, 15) is 9.59 Å². The number of carbonyl (C=O) groups is 2. The molecule has 0 aliphatic rings. The van der Waals surface area contributed by atoms with Crippen LogP contribution in [0.2, 0.25) is 0 Å². The third kappa shape index (κ3) is 5.50. The molecule has 6 nitrogen and oxygen atoms in total. The van der Waals surface area contributed by atoms with E-state index in [4.69, 9.17) is 14.9 Å². The van der Waals surface area contributed by atoms with Gasteiger partial charge in [-0.05, 0) is 6.42 Å². The third-order valence-electron chi connectivity index (χ3n) is 1.57. The number of carboxylic acid groups (broad SMARTS) is 1. The minimum Gasteiger partial charge on any atom is -0.480 e. The number of aliphatic carboxylic acids is 1. The number of aliphatic hydroxyl groups excluding tert-OH is 1. The Morgan fingerprint density at radius 1 is 1.50 bits per heavy atom. The van der Waals surface area contributed by atoms with Crippen molar-refractivity contribution in [1.82, 2.24) is 5.32 Å². The summed E-state index contributed by atoms with van der Waals surface area (Å²) in [5.41, 5.74) is 0. The molecule has 0 rings (SSSR count). The molecular formula is C8H15NO5. The second-order valence-corrected chi connectivity index (χ2v) is 2.74. The van der Waals surface area contributed by atoms with Crippen LogP contribution < -0.4 is 5.32 Å². The predicted octanol–water partition coefficient (Wildman–Crippen LogP) is -1.03. The van der Waals surface area contributed by atoms with E-state index < -0.39 is 24.5 Å². The van der Waals surface area contributed by atoms with E-state index in [-0.39, 0.29) is 6.42 Å². The average Bonchev–Trinajstić information content (AvgIpc) is 2.14. The number of methoxy groups -OCH3 is 1. The molecule has 0 saturated carbocycles. The van der Waals surface area contributed by atoms with E-state index in [2.05, 4.69) is 5.32 Å². The average molecular weight is 205 g/mol. The van der Waals surface area contributed by atoms with Crippen molar-refractivity contribution >= 4 is 11.9 Å². The van der Waals surface area contributed by atoms with Gasteiger partial charge < -0.3 is 20.3 Å². The normalized spacial score (nSPS) is 12.1. The van der Waals surface area contributed by atoms with Crippen LogP contribution in [0, 0.1) is 0 Å². The van der Waals surface area contributed by atoms with Crippen LogP contribution in [0.1, 0.15) is 12.8 Å². The lowest BCUT2D eigenvalue weighted by Gasteiger charge is -2.10. The number of nitrogens with one attached hydrogen (secondary N) is 1. The zero-order chi connectivity index (χ0) is 11.0. The SMILES string of the molecule is COCCCC(=O)N[C@H](CO)C(=O)O. The molecule has 0 fully saturated rings. The zero-order valence-corrected chi connectivity index (χ0v) is 8.02. The van der Waals surface area contributed by atoms with Crippen molar-refractivity contribution in [2.45, 2.75) is 18.9 Å². The first-order valence-corrected chi connectivity index (χ1v) is 4.23. The molecule has 6 heteroatoms. The highest BCUT2D eigenvalue weighted by molar-refractivity contribution is 5.83. The lowest BCUT2D eigenvalue weighted by Crippen LogP contribution is -2.43. The fraction of sp³-hybridized carbons (Fsp3) is 0.750. The number of aliphatic hydroxyl groups is 1. The number of hydrogen-bond donors (Lipinski definition) is 3. The van der Waals surface area contributed by atoms with Gasteiger partial charge in [0.25, 0.3) is 0 Å². The Bertz CT molecular complexity index is 194. The fourth-order valence-corrected chi connectivity index (χ4v) is 0.829. The van der Waals surface area contributed by atoms with Crippen molar-refractivity contribution in [3.05, 3.63) is 0 Å². The minimum absolute atomic E-state index is 0.192. The molecule has 14 heavy (non-hydrogen) atoms. The number of hydrogen-bond acceptors (Lipinski definition) is 4. The Morgan fingerprint density at radius 2 is 2.14 bits per heavy atom. The summed E-state index contributed by atoms with van der Waals surface area (Å²) in [6.07, 6.45) is 0.720. The summed E-state index contributed by atoms with van der Waals surface area (Å²) in [7, 11) is 1.52. The van der Waals surface area contributed by atoms with Crippen molar-refractivity contribution in [2.75, 3.05) is 20.3 Å². The van der Waals surface area contributed by atoms with Crippen LogP contribution in [0.3, 0.4) is 0 Å². The van der Waals surface area contributed by atoms with Gasteiger partial charge in [0.15, 0.2) is 0 Å². The Labute approximate surface area is 81.9 Å². The molecule has 0 heterocycles. The molecule has 0 aliphatic carbocycles. The molecule has 0 aromatic carbocycles. The molecule has 0 aromatic heterocycles. The van der Waals surface area contributed by atoms with Crippen molar-refractivity contribution < 1.29 is 24.5 Å². The molecule has 1 amide bonds. The van der Waals surface area contributed by atoms with Gasteiger partial charge in [-0.3, -0.25) is 4.79 Å². The van der Waals surface area contributed by atoms with Crippen LogP contribution in [-0.4, -0.2) is 48.5 Å². The maximum absolute atomic E-state index is 11.1. The molecule has 0 saturated heterocycles. The van der Waals surface area contributed by atoms with Gasteiger partial charge in [-0.2, -0.15) is 0 Å². The van der Waals surface area contributed by atoms with E-state index in [1.54, 1.807) is 0 Å². The Hall–Kier alpha value is -1.14. The summed E-state index contributed by atoms with van der Waals surface area (Å²) >= 11 is 0. The second-order valence-electron chi connectivity index (χ2n) is 2.74. The van der Waals surface area contributed by atoms with E-state index >= 15 is 0 Å². The summed E-state index contributed by atoms with van der Waals surface area (Å²) < 4.78 is 4.73. The van der Waals surface area contributed by atoms with Crippen molar-refractivity contribution in [2.24, 2.45) is 0 Å². The van der Waals surface area contributed by atoms with E-state index in [1.165, 1.54) is 7.11 Å². The standard InChI is InChI=1S/C8H15NO5/c1-14-4-2-3-7(11)9-6(5-10)8(12)13/h6,10H,2-5H2,1H3,(H,9,11)(H,12,13)/t6-/m1/s1. The molecule has 3 N–H and O–H groups in total. The Morgan fingerprint density at radius 3 is 2.57 bits per heavy atom. The largest absolute Gasteiger partial charge is 0.480 e. The van der Waals surface area contributed by atoms with E-state index in [0.717, 1.165) is 0 Å². The minimum atomic E-state index is -1.24. The summed E-state index contributed by atoms with van der Waals surface area (Å²) in [5.74, 6) is -1.64. The van der Waals surface area contributed by atoms with E-state index in [1.807, 2.05) is 0 Å². The maximum atomic E-state index is 11.1. The van der Waals surface area contributed by atoms with Crippen LogP contribution >= 0.6 is 0 Å². The molecule has 0 radical (unpaired) electrons. The number of carbonyl (C=O) groups excluding carboxylic acids is 1. The lowest BCUT2D eigenvalue weighted by molar-refractivity contribution is -0.143. The summed E-state index contributed by atoms with van der Waals surface area (Å²) in [4.78, 5) is 21.4. The van der Waals surface area contributed by atoms with Crippen LogP contribution in [0.5, 0.6) is 0 Å². The second kappa shape index (κ2) is 7.28. The number of rotatable bonds is 7. The zero-order valence-electron chi connectivity index (χ0n) is 8.02. The van der Waals surface area contributed by atoms with Gasteiger partial charge in [0.2, 0.25) is 5.91 Å². The van der Waals surface area contributed by atoms with E-state index in [0.29, 0.717) is 13.0 Å². The van der Waals surface area contributed by atoms with Gasteiger partial charge >= 0.3 is 5.97 Å². The third-order valence-corrected chi connectivity index (χ3v) is 1.57. The highest BCUT2D eigenvalue weighted by atomic mass is 16.5. The molecular weight excluding hydrogens is 190 g/mol. The van der Waals surface area contributed by atoms with Crippen LogP contribution in [0.25, 0.3) is 0 Å². The molecule has 0 aliphatic heterocycles. The summed E-state index contributed by atoms with van der Waals surface area (Å²) in [6.45, 7) is -0.157. The molecule has 82 valence electrons. The van der Waals surface area contributed by atoms with Gasteiger partial charge in [0, 0.05) is 20.1 Å².